The summed E-state index contributed by atoms with van der Waals surface area (Å²) in [4.78, 5) is 0. The van der Waals surface area contributed by atoms with Crippen molar-refractivity contribution in [3.8, 4) is 5.75 Å². The zero-order chi connectivity index (χ0) is 11.4. The number of unbranched alkanes of at least 4 members (excludes halogenated alkanes) is 1. The van der Waals surface area contributed by atoms with E-state index in [2.05, 4.69) is 0 Å². The van der Waals surface area contributed by atoms with Crippen LogP contribution >= 0.6 is 11.6 Å². The van der Waals surface area contributed by atoms with E-state index in [-0.39, 0.29) is 22.1 Å². The third-order valence-corrected chi connectivity index (χ3v) is 2.35. The molecule has 84 valence electrons. The third kappa shape index (κ3) is 2.65. The highest BCUT2D eigenvalue weighted by atomic mass is 35.5. The number of hydrogen-bond donors (Lipinski definition) is 2. The maximum Gasteiger partial charge on any atom is 0.187 e. The molecular formula is C10H14ClFN2O. The van der Waals surface area contributed by atoms with Crippen LogP contribution < -0.4 is 16.2 Å². The highest BCUT2D eigenvalue weighted by Gasteiger charge is 2.15. The van der Waals surface area contributed by atoms with Crippen LogP contribution in [0.3, 0.4) is 0 Å². The minimum atomic E-state index is -0.690. The first-order valence-electron chi connectivity index (χ1n) is 4.73. The van der Waals surface area contributed by atoms with Gasteiger partial charge in [-0.1, -0.05) is 24.9 Å². The highest BCUT2D eigenvalue weighted by molar-refractivity contribution is 6.33. The molecule has 3 nitrogen and oxygen atoms in total. The van der Waals surface area contributed by atoms with Gasteiger partial charge in [0.2, 0.25) is 0 Å². The Hall–Kier alpha value is -1.16. The lowest BCUT2D eigenvalue weighted by molar-refractivity contribution is 0.296. The first-order valence-corrected chi connectivity index (χ1v) is 5.11. The molecule has 4 N–H and O–H groups in total. The Morgan fingerprint density at radius 3 is 2.67 bits per heavy atom. The fourth-order valence-electron chi connectivity index (χ4n) is 1.11. The minimum Gasteiger partial charge on any atom is -0.488 e. The molecule has 0 saturated heterocycles. The van der Waals surface area contributed by atoms with Crippen molar-refractivity contribution in [3.05, 3.63) is 16.9 Å². The van der Waals surface area contributed by atoms with Gasteiger partial charge >= 0.3 is 0 Å². The summed E-state index contributed by atoms with van der Waals surface area (Å²) in [5.74, 6) is -0.701. The first-order chi connectivity index (χ1) is 7.07. The molecule has 0 aliphatic rings. The lowest BCUT2D eigenvalue weighted by Gasteiger charge is -2.11. The minimum absolute atomic E-state index is 0.0114. The molecule has 0 unspecified atom stereocenters. The van der Waals surface area contributed by atoms with E-state index in [1.165, 1.54) is 6.07 Å². The van der Waals surface area contributed by atoms with Crippen molar-refractivity contribution < 1.29 is 9.13 Å². The van der Waals surface area contributed by atoms with Gasteiger partial charge in [0.15, 0.2) is 11.6 Å². The molecule has 1 aromatic rings. The molecule has 0 aliphatic heterocycles. The number of anilines is 2. The van der Waals surface area contributed by atoms with Gasteiger partial charge in [-0.15, -0.1) is 0 Å². The lowest BCUT2D eigenvalue weighted by atomic mass is 10.2. The van der Waals surface area contributed by atoms with Crippen molar-refractivity contribution in [2.24, 2.45) is 0 Å². The van der Waals surface area contributed by atoms with Crippen LogP contribution in [0.1, 0.15) is 19.8 Å². The van der Waals surface area contributed by atoms with E-state index in [1.54, 1.807) is 0 Å². The highest BCUT2D eigenvalue weighted by Crippen LogP contribution is 2.35. The molecule has 0 spiro atoms. The van der Waals surface area contributed by atoms with Gasteiger partial charge in [0.1, 0.15) is 5.02 Å². The molecule has 0 atom stereocenters. The van der Waals surface area contributed by atoms with Gasteiger partial charge in [0.05, 0.1) is 18.0 Å². The monoisotopic (exact) mass is 232 g/mol. The van der Waals surface area contributed by atoms with Gasteiger partial charge in [-0.25, -0.2) is 4.39 Å². The van der Waals surface area contributed by atoms with E-state index in [4.69, 9.17) is 27.8 Å². The van der Waals surface area contributed by atoms with E-state index in [9.17, 15) is 4.39 Å². The fourth-order valence-corrected chi connectivity index (χ4v) is 1.26. The van der Waals surface area contributed by atoms with Gasteiger partial charge in [-0.2, -0.15) is 0 Å². The van der Waals surface area contributed by atoms with E-state index >= 15 is 0 Å². The zero-order valence-electron chi connectivity index (χ0n) is 8.52. The van der Waals surface area contributed by atoms with Gasteiger partial charge in [0.25, 0.3) is 0 Å². The molecule has 0 amide bonds. The number of hydrogen-bond acceptors (Lipinski definition) is 3. The second-order valence-corrected chi connectivity index (χ2v) is 3.59. The Morgan fingerprint density at radius 2 is 2.07 bits per heavy atom. The number of rotatable bonds is 4. The summed E-state index contributed by atoms with van der Waals surface area (Å²) in [6.07, 6.45) is 1.80. The summed E-state index contributed by atoms with van der Waals surface area (Å²) >= 11 is 5.63. The summed E-state index contributed by atoms with van der Waals surface area (Å²) in [6.45, 7) is 2.43. The molecule has 0 heterocycles. The number of benzene rings is 1. The Bertz CT molecular complexity index is 358. The average Bonchev–Trinajstić information content (AvgIpc) is 2.20. The largest absolute Gasteiger partial charge is 0.488 e. The SMILES string of the molecule is CCCCOc1c(N)cc(N)c(Cl)c1F. The Kier molecular flexibility index (Phi) is 4.03. The smallest absolute Gasteiger partial charge is 0.187 e. The second kappa shape index (κ2) is 5.07. The molecule has 0 fully saturated rings. The molecular weight excluding hydrogens is 219 g/mol. The molecule has 0 radical (unpaired) electrons. The van der Waals surface area contributed by atoms with E-state index < -0.39 is 5.82 Å². The van der Waals surface area contributed by atoms with Crippen LogP contribution in [-0.4, -0.2) is 6.61 Å². The zero-order valence-corrected chi connectivity index (χ0v) is 9.27. The van der Waals surface area contributed by atoms with Crippen LogP contribution in [0.5, 0.6) is 5.75 Å². The lowest BCUT2D eigenvalue weighted by Crippen LogP contribution is -2.04. The number of halogens is 2. The maximum absolute atomic E-state index is 13.5. The molecule has 0 aromatic heterocycles. The first kappa shape index (κ1) is 11.9. The van der Waals surface area contributed by atoms with E-state index in [1.807, 2.05) is 6.92 Å². The normalized spacial score (nSPS) is 10.3. The third-order valence-electron chi connectivity index (χ3n) is 1.96. The average molecular weight is 233 g/mol. The van der Waals surface area contributed by atoms with E-state index in [0.717, 1.165) is 12.8 Å². The van der Waals surface area contributed by atoms with Gasteiger partial charge in [-0.3, -0.25) is 0 Å². The Morgan fingerprint density at radius 1 is 1.40 bits per heavy atom. The number of ether oxygens (including phenoxy) is 1. The van der Waals surface area contributed by atoms with E-state index in [0.29, 0.717) is 6.61 Å². The second-order valence-electron chi connectivity index (χ2n) is 3.21. The van der Waals surface area contributed by atoms with Crippen molar-refractivity contribution in [3.63, 3.8) is 0 Å². The summed E-state index contributed by atoms with van der Waals surface area (Å²) in [5, 5.41) is -0.143. The van der Waals surface area contributed by atoms with Crippen molar-refractivity contribution >= 4 is 23.0 Å². The molecule has 1 rings (SSSR count). The summed E-state index contributed by atoms with van der Waals surface area (Å²) < 4.78 is 18.7. The standard InChI is InChI=1S/C10H14ClFN2O/c1-2-3-4-15-10-7(14)5-6(13)8(11)9(10)12/h5H,2-4,13-14H2,1H3. The predicted molar refractivity (Wildman–Crippen MR) is 60.6 cm³/mol. The number of nitrogen functional groups attached to an aromatic ring is 2. The topological polar surface area (TPSA) is 61.3 Å². The van der Waals surface area contributed by atoms with Crippen LogP contribution in [0.15, 0.2) is 6.07 Å². The Labute approximate surface area is 93.2 Å². The molecule has 15 heavy (non-hydrogen) atoms. The molecule has 0 bridgehead atoms. The summed E-state index contributed by atoms with van der Waals surface area (Å²) in [5.41, 5.74) is 11.3. The molecule has 5 heteroatoms. The van der Waals surface area contributed by atoms with Gasteiger partial charge in [0, 0.05) is 0 Å². The van der Waals surface area contributed by atoms with Crippen molar-refractivity contribution in [2.45, 2.75) is 19.8 Å². The predicted octanol–water partition coefficient (Wildman–Crippen LogP) is 2.82. The van der Waals surface area contributed by atoms with Crippen LogP contribution in [0.25, 0.3) is 0 Å². The number of nitrogens with two attached hydrogens (primary N) is 2. The maximum atomic E-state index is 13.5. The van der Waals surface area contributed by atoms with Crippen LogP contribution in [0.2, 0.25) is 5.02 Å². The van der Waals surface area contributed by atoms with Crippen molar-refractivity contribution in [1.82, 2.24) is 0 Å². The van der Waals surface area contributed by atoms with Crippen LogP contribution in [0, 0.1) is 5.82 Å². The van der Waals surface area contributed by atoms with Gasteiger partial charge < -0.3 is 16.2 Å². The summed E-state index contributed by atoms with van der Waals surface area (Å²) in [7, 11) is 0. The molecule has 0 aliphatic carbocycles. The van der Waals surface area contributed by atoms with Crippen LogP contribution in [0.4, 0.5) is 15.8 Å². The Balaban J connectivity index is 2.92. The summed E-state index contributed by atoms with van der Waals surface area (Å²) in [6, 6.07) is 1.40. The van der Waals surface area contributed by atoms with Crippen molar-refractivity contribution in [2.75, 3.05) is 18.1 Å². The van der Waals surface area contributed by atoms with Gasteiger partial charge in [-0.05, 0) is 12.5 Å². The van der Waals surface area contributed by atoms with Crippen LogP contribution in [-0.2, 0) is 0 Å². The molecule has 1 aromatic carbocycles. The van der Waals surface area contributed by atoms with Crippen molar-refractivity contribution in [1.29, 1.82) is 0 Å². The fraction of sp³-hybridized carbons (Fsp3) is 0.400. The molecule has 0 saturated carbocycles. The quantitative estimate of drug-likeness (QED) is 0.620.